The van der Waals surface area contributed by atoms with E-state index in [0.717, 1.165) is 22.2 Å². The number of hydrogen-bond donors (Lipinski definition) is 0. The largest absolute Gasteiger partial charge is 0.313 e. The molecule has 2 aromatic rings. The van der Waals surface area contributed by atoms with Crippen LogP contribution < -0.4 is 0 Å². The van der Waals surface area contributed by atoms with Gasteiger partial charge in [-0.3, -0.25) is 0 Å². The third-order valence-electron chi connectivity index (χ3n) is 2.19. The molecule has 0 N–H and O–H groups in total. The molecule has 0 unspecified atom stereocenters. The van der Waals surface area contributed by atoms with Crippen molar-refractivity contribution in [3.63, 3.8) is 0 Å². The molecular formula is C10H9BrClN3. The molecule has 78 valence electrons. The number of alkyl halides is 1. The van der Waals surface area contributed by atoms with Gasteiger partial charge < -0.3 is 4.57 Å². The van der Waals surface area contributed by atoms with Gasteiger partial charge in [-0.15, -0.1) is 10.2 Å². The van der Waals surface area contributed by atoms with Crippen molar-refractivity contribution in [1.29, 1.82) is 0 Å². The lowest BCUT2D eigenvalue weighted by Crippen LogP contribution is -1.96. The molecule has 3 nitrogen and oxygen atoms in total. The van der Waals surface area contributed by atoms with Crippen LogP contribution in [0.4, 0.5) is 0 Å². The fourth-order valence-corrected chi connectivity index (χ4v) is 1.94. The van der Waals surface area contributed by atoms with Gasteiger partial charge >= 0.3 is 0 Å². The van der Waals surface area contributed by atoms with Gasteiger partial charge in [0, 0.05) is 17.6 Å². The van der Waals surface area contributed by atoms with Crippen molar-refractivity contribution < 1.29 is 0 Å². The van der Waals surface area contributed by atoms with Crippen LogP contribution in [0.2, 0.25) is 5.02 Å². The Morgan fingerprint density at radius 2 is 1.93 bits per heavy atom. The topological polar surface area (TPSA) is 30.7 Å². The number of nitrogens with zero attached hydrogens (tertiary/aromatic N) is 3. The maximum atomic E-state index is 5.82. The van der Waals surface area contributed by atoms with E-state index in [1.165, 1.54) is 0 Å². The highest BCUT2D eigenvalue weighted by atomic mass is 79.9. The lowest BCUT2D eigenvalue weighted by Gasteiger charge is -2.01. The summed E-state index contributed by atoms with van der Waals surface area (Å²) < 4.78 is 1.96. The zero-order valence-corrected chi connectivity index (χ0v) is 10.5. The lowest BCUT2D eigenvalue weighted by atomic mass is 10.2. The molecule has 0 fully saturated rings. The fourth-order valence-electron chi connectivity index (χ4n) is 1.33. The van der Waals surface area contributed by atoms with E-state index >= 15 is 0 Å². The number of benzene rings is 1. The molecule has 0 saturated heterocycles. The summed E-state index contributed by atoms with van der Waals surface area (Å²) in [4.78, 5) is 0. The van der Waals surface area contributed by atoms with E-state index in [1.807, 2.05) is 35.9 Å². The Morgan fingerprint density at radius 3 is 2.47 bits per heavy atom. The molecule has 2 rings (SSSR count). The predicted octanol–water partition coefficient (Wildman–Crippen LogP) is 3.03. The summed E-state index contributed by atoms with van der Waals surface area (Å²) in [6, 6.07) is 7.56. The van der Waals surface area contributed by atoms with Crippen LogP contribution in [0.5, 0.6) is 0 Å². The molecular weight excluding hydrogens is 277 g/mol. The van der Waals surface area contributed by atoms with Crippen LogP contribution >= 0.6 is 27.5 Å². The van der Waals surface area contributed by atoms with E-state index in [-0.39, 0.29) is 0 Å². The van der Waals surface area contributed by atoms with Crippen LogP contribution in [0.15, 0.2) is 24.3 Å². The molecule has 0 bridgehead atoms. The maximum absolute atomic E-state index is 5.82. The SMILES string of the molecule is Cn1c(CBr)nnc1-c1ccc(Cl)cc1. The van der Waals surface area contributed by atoms with Crippen LogP contribution in [0, 0.1) is 0 Å². The van der Waals surface area contributed by atoms with Crippen molar-refractivity contribution >= 4 is 27.5 Å². The van der Waals surface area contributed by atoms with Crippen molar-refractivity contribution in [2.75, 3.05) is 0 Å². The maximum Gasteiger partial charge on any atom is 0.163 e. The van der Waals surface area contributed by atoms with Gasteiger partial charge in [-0.05, 0) is 24.3 Å². The summed E-state index contributed by atoms with van der Waals surface area (Å²) in [5.41, 5.74) is 1.02. The summed E-state index contributed by atoms with van der Waals surface area (Å²) in [5, 5.41) is 9.61. The highest BCUT2D eigenvalue weighted by Crippen LogP contribution is 2.20. The lowest BCUT2D eigenvalue weighted by molar-refractivity contribution is 0.859. The molecule has 1 aromatic carbocycles. The zero-order valence-electron chi connectivity index (χ0n) is 8.11. The Balaban J connectivity index is 2.45. The molecule has 0 saturated carbocycles. The van der Waals surface area contributed by atoms with Gasteiger partial charge in [0.25, 0.3) is 0 Å². The highest BCUT2D eigenvalue weighted by Gasteiger charge is 2.08. The van der Waals surface area contributed by atoms with E-state index < -0.39 is 0 Å². The van der Waals surface area contributed by atoms with Gasteiger partial charge in [-0.1, -0.05) is 27.5 Å². The highest BCUT2D eigenvalue weighted by molar-refractivity contribution is 9.08. The van der Waals surface area contributed by atoms with Crippen LogP contribution in [-0.4, -0.2) is 14.8 Å². The first-order valence-electron chi connectivity index (χ1n) is 4.42. The van der Waals surface area contributed by atoms with Gasteiger partial charge in [-0.2, -0.15) is 0 Å². The Labute approximate surface area is 101 Å². The third kappa shape index (κ3) is 2.06. The van der Waals surface area contributed by atoms with Crippen molar-refractivity contribution in [2.45, 2.75) is 5.33 Å². The molecule has 1 heterocycles. The molecule has 0 atom stereocenters. The second-order valence-electron chi connectivity index (χ2n) is 3.14. The minimum Gasteiger partial charge on any atom is -0.313 e. The molecule has 0 aliphatic carbocycles. The average Bonchev–Trinajstić information content (AvgIpc) is 2.61. The van der Waals surface area contributed by atoms with E-state index in [0.29, 0.717) is 5.33 Å². The first-order valence-corrected chi connectivity index (χ1v) is 5.92. The van der Waals surface area contributed by atoms with E-state index in [9.17, 15) is 0 Å². The van der Waals surface area contributed by atoms with Crippen molar-refractivity contribution in [3.05, 3.63) is 35.1 Å². The average molecular weight is 287 g/mol. The summed E-state index contributed by atoms with van der Waals surface area (Å²) in [7, 11) is 1.94. The number of halogens is 2. The van der Waals surface area contributed by atoms with Crippen LogP contribution in [0.1, 0.15) is 5.82 Å². The molecule has 1 aromatic heterocycles. The van der Waals surface area contributed by atoms with Gasteiger partial charge in [0.15, 0.2) is 5.82 Å². The predicted molar refractivity (Wildman–Crippen MR) is 64.1 cm³/mol. The zero-order chi connectivity index (χ0) is 10.8. The molecule has 0 aliphatic heterocycles. The Bertz CT molecular complexity index is 464. The van der Waals surface area contributed by atoms with E-state index in [2.05, 4.69) is 26.1 Å². The van der Waals surface area contributed by atoms with Crippen molar-refractivity contribution in [3.8, 4) is 11.4 Å². The van der Waals surface area contributed by atoms with Crippen LogP contribution in [0.3, 0.4) is 0 Å². The first-order chi connectivity index (χ1) is 7.22. The molecule has 0 spiro atoms. The third-order valence-corrected chi connectivity index (χ3v) is 2.94. The number of rotatable bonds is 2. The van der Waals surface area contributed by atoms with E-state index in [4.69, 9.17) is 11.6 Å². The quantitative estimate of drug-likeness (QED) is 0.795. The van der Waals surface area contributed by atoms with Gasteiger partial charge in [0.2, 0.25) is 0 Å². The fraction of sp³-hybridized carbons (Fsp3) is 0.200. The minimum absolute atomic E-state index is 0.699. The standard InChI is InChI=1S/C10H9BrClN3/c1-15-9(6-11)13-14-10(15)7-2-4-8(12)5-3-7/h2-5H,6H2,1H3. The number of hydrogen-bond acceptors (Lipinski definition) is 2. The Morgan fingerprint density at radius 1 is 1.27 bits per heavy atom. The van der Waals surface area contributed by atoms with Gasteiger partial charge in [0.05, 0.1) is 5.33 Å². The summed E-state index contributed by atoms with van der Waals surface area (Å²) in [5.74, 6) is 1.75. The summed E-state index contributed by atoms with van der Waals surface area (Å²) in [6.45, 7) is 0. The van der Waals surface area contributed by atoms with Crippen molar-refractivity contribution in [1.82, 2.24) is 14.8 Å². The van der Waals surface area contributed by atoms with E-state index in [1.54, 1.807) is 0 Å². The molecule has 0 aliphatic rings. The van der Waals surface area contributed by atoms with Gasteiger partial charge in [-0.25, -0.2) is 0 Å². The normalized spacial score (nSPS) is 10.6. The molecule has 0 radical (unpaired) electrons. The first kappa shape index (κ1) is 10.6. The smallest absolute Gasteiger partial charge is 0.163 e. The minimum atomic E-state index is 0.699. The number of aromatic nitrogens is 3. The van der Waals surface area contributed by atoms with Crippen LogP contribution in [0.25, 0.3) is 11.4 Å². The Kier molecular flexibility index (Phi) is 3.07. The van der Waals surface area contributed by atoms with Crippen LogP contribution in [-0.2, 0) is 12.4 Å². The van der Waals surface area contributed by atoms with Gasteiger partial charge in [0.1, 0.15) is 5.82 Å². The summed E-state index contributed by atoms with van der Waals surface area (Å²) in [6.07, 6.45) is 0. The van der Waals surface area contributed by atoms with Crippen molar-refractivity contribution in [2.24, 2.45) is 7.05 Å². The second kappa shape index (κ2) is 4.33. The monoisotopic (exact) mass is 285 g/mol. The Hall–Kier alpha value is -0.870. The molecule has 0 amide bonds. The second-order valence-corrected chi connectivity index (χ2v) is 4.14. The molecule has 15 heavy (non-hydrogen) atoms. The summed E-state index contributed by atoms with van der Waals surface area (Å²) >= 11 is 9.18. The molecule has 5 heteroatoms.